The Kier molecular flexibility index (Phi) is 2.45. The van der Waals surface area contributed by atoms with Gasteiger partial charge in [0.05, 0.1) is 0 Å². The molecule has 1 heterocycles. The molecule has 1 aliphatic carbocycles. The minimum absolute atomic E-state index is 0.00234. The van der Waals surface area contributed by atoms with Crippen molar-refractivity contribution in [2.75, 3.05) is 6.54 Å². The average molecular weight is 203 g/mol. The molecule has 80 valence electrons. The second kappa shape index (κ2) is 3.48. The Labute approximate surface area is 82.1 Å². The molecule has 2 fully saturated rings. The van der Waals surface area contributed by atoms with Crippen molar-refractivity contribution in [1.29, 1.82) is 0 Å². The normalized spacial score (nSPS) is 33.0. The predicted octanol–water partition coefficient (Wildman–Crippen LogP) is 1.95. The van der Waals surface area contributed by atoms with Gasteiger partial charge in [0.1, 0.15) is 0 Å². The summed E-state index contributed by atoms with van der Waals surface area (Å²) in [4.78, 5) is 11.0. The van der Waals surface area contributed by atoms with E-state index < -0.39 is 5.92 Å². The summed E-state index contributed by atoms with van der Waals surface area (Å²) in [5, 5.41) is 2.76. The highest BCUT2D eigenvalue weighted by molar-refractivity contribution is 5.78. The van der Waals surface area contributed by atoms with E-state index in [0.29, 0.717) is 37.6 Å². The van der Waals surface area contributed by atoms with Gasteiger partial charge in [-0.2, -0.15) is 0 Å². The maximum Gasteiger partial charge on any atom is 0.248 e. The first kappa shape index (κ1) is 9.87. The molecule has 1 amide bonds. The number of hydrogen-bond acceptors (Lipinski definition) is 1. The van der Waals surface area contributed by atoms with Gasteiger partial charge in [-0.05, 0) is 24.7 Å². The van der Waals surface area contributed by atoms with Crippen LogP contribution in [0.15, 0.2) is 0 Å². The van der Waals surface area contributed by atoms with Crippen LogP contribution in [-0.4, -0.2) is 18.4 Å². The third-order valence-corrected chi connectivity index (χ3v) is 3.44. The number of hydrogen-bond donors (Lipinski definition) is 1. The molecule has 1 aliphatic heterocycles. The summed E-state index contributed by atoms with van der Waals surface area (Å²) in [5.74, 6) is -1.74. The fourth-order valence-electron chi connectivity index (χ4n) is 2.49. The van der Waals surface area contributed by atoms with Gasteiger partial charge in [-0.3, -0.25) is 4.79 Å². The fraction of sp³-hybridized carbons (Fsp3) is 0.900. The Hall–Kier alpha value is -0.670. The fourth-order valence-corrected chi connectivity index (χ4v) is 2.49. The lowest BCUT2D eigenvalue weighted by molar-refractivity contribution is -0.119. The Morgan fingerprint density at radius 1 is 1.21 bits per heavy atom. The van der Waals surface area contributed by atoms with E-state index in [-0.39, 0.29) is 18.7 Å². The molecular weight excluding hydrogens is 188 g/mol. The van der Waals surface area contributed by atoms with Crippen LogP contribution in [0.3, 0.4) is 0 Å². The van der Waals surface area contributed by atoms with E-state index in [1.165, 1.54) is 0 Å². The van der Waals surface area contributed by atoms with Crippen LogP contribution in [0.1, 0.15) is 32.1 Å². The van der Waals surface area contributed by atoms with E-state index in [1.54, 1.807) is 0 Å². The average Bonchev–Trinajstić information content (AvgIpc) is 2.52. The molecular formula is C10H15F2NO. The van der Waals surface area contributed by atoms with Gasteiger partial charge in [0.25, 0.3) is 0 Å². The zero-order chi connectivity index (χ0) is 10.2. The van der Waals surface area contributed by atoms with Crippen LogP contribution in [0.4, 0.5) is 8.78 Å². The van der Waals surface area contributed by atoms with Gasteiger partial charge >= 0.3 is 0 Å². The van der Waals surface area contributed by atoms with Crippen molar-refractivity contribution in [3.8, 4) is 0 Å². The number of amides is 1. The second-order valence-electron chi connectivity index (χ2n) is 4.46. The minimum atomic E-state index is -2.45. The lowest BCUT2D eigenvalue weighted by Gasteiger charge is -2.31. The van der Waals surface area contributed by atoms with Crippen molar-refractivity contribution < 1.29 is 13.6 Å². The zero-order valence-corrected chi connectivity index (χ0v) is 8.06. The maximum atomic E-state index is 12.9. The molecule has 0 unspecified atom stereocenters. The first-order chi connectivity index (χ1) is 6.57. The Balaban J connectivity index is 1.86. The van der Waals surface area contributed by atoms with Crippen molar-refractivity contribution in [1.82, 2.24) is 5.32 Å². The summed E-state index contributed by atoms with van der Waals surface area (Å²) in [6.45, 7) is 0.690. The largest absolute Gasteiger partial charge is 0.356 e. The number of halogens is 2. The van der Waals surface area contributed by atoms with Crippen molar-refractivity contribution in [2.45, 2.75) is 38.0 Å². The first-order valence-corrected chi connectivity index (χ1v) is 5.21. The molecule has 1 saturated heterocycles. The molecule has 0 aromatic heterocycles. The molecule has 1 saturated carbocycles. The summed E-state index contributed by atoms with van der Waals surface area (Å²) >= 11 is 0. The first-order valence-electron chi connectivity index (χ1n) is 5.21. The molecule has 2 aliphatic rings. The van der Waals surface area contributed by atoms with Crippen LogP contribution in [0.2, 0.25) is 0 Å². The summed E-state index contributed by atoms with van der Waals surface area (Å²) < 4.78 is 25.7. The number of carbonyl (C=O) groups excluding carboxylic acids is 1. The smallest absolute Gasteiger partial charge is 0.248 e. The van der Waals surface area contributed by atoms with Crippen LogP contribution in [0.5, 0.6) is 0 Å². The van der Waals surface area contributed by atoms with Crippen molar-refractivity contribution in [3.05, 3.63) is 0 Å². The van der Waals surface area contributed by atoms with E-state index >= 15 is 0 Å². The monoisotopic (exact) mass is 203 g/mol. The van der Waals surface area contributed by atoms with E-state index in [9.17, 15) is 13.6 Å². The summed E-state index contributed by atoms with van der Waals surface area (Å²) in [6, 6.07) is 0. The predicted molar refractivity (Wildman–Crippen MR) is 48.0 cm³/mol. The van der Waals surface area contributed by atoms with Crippen molar-refractivity contribution in [3.63, 3.8) is 0 Å². The van der Waals surface area contributed by atoms with Gasteiger partial charge in [0.2, 0.25) is 11.8 Å². The number of nitrogens with one attached hydrogen (secondary N) is 1. The quantitative estimate of drug-likeness (QED) is 0.693. The number of rotatable bonds is 1. The Morgan fingerprint density at radius 3 is 2.36 bits per heavy atom. The van der Waals surface area contributed by atoms with Gasteiger partial charge in [-0.25, -0.2) is 8.78 Å². The third-order valence-electron chi connectivity index (χ3n) is 3.44. The van der Waals surface area contributed by atoms with Crippen LogP contribution in [0.25, 0.3) is 0 Å². The van der Waals surface area contributed by atoms with Gasteiger partial charge < -0.3 is 5.32 Å². The SMILES string of the molecule is O=C1C[C@H](C2CCC(F)(F)CC2)CN1. The second-order valence-corrected chi connectivity index (χ2v) is 4.46. The molecule has 0 aromatic carbocycles. The van der Waals surface area contributed by atoms with E-state index in [2.05, 4.69) is 5.32 Å². The topological polar surface area (TPSA) is 29.1 Å². The number of carbonyl (C=O) groups is 1. The molecule has 2 nitrogen and oxygen atoms in total. The molecule has 14 heavy (non-hydrogen) atoms. The van der Waals surface area contributed by atoms with E-state index in [0.717, 1.165) is 0 Å². The highest BCUT2D eigenvalue weighted by Crippen LogP contribution is 2.40. The summed E-state index contributed by atoms with van der Waals surface area (Å²) in [5.41, 5.74) is 0. The third kappa shape index (κ3) is 2.04. The van der Waals surface area contributed by atoms with Gasteiger partial charge in [0, 0.05) is 25.8 Å². The molecule has 4 heteroatoms. The van der Waals surface area contributed by atoms with Crippen LogP contribution in [0, 0.1) is 11.8 Å². The van der Waals surface area contributed by atoms with E-state index in [1.807, 2.05) is 0 Å². The lowest BCUT2D eigenvalue weighted by atomic mass is 9.78. The maximum absolute atomic E-state index is 12.9. The Morgan fingerprint density at radius 2 is 1.86 bits per heavy atom. The molecule has 0 bridgehead atoms. The number of alkyl halides is 2. The summed E-state index contributed by atoms with van der Waals surface area (Å²) in [6.07, 6.45) is 1.69. The van der Waals surface area contributed by atoms with Crippen LogP contribution in [-0.2, 0) is 4.79 Å². The molecule has 1 N–H and O–H groups in total. The van der Waals surface area contributed by atoms with Crippen molar-refractivity contribution >= 4 is 5.91 Å². The Bertz CT molecular complexity index is 232. The molecule has 2 rings (SSSR count). The van der Waals surface area contributed by atoms with Crippen LogP contribution < -0.4 is 5.32 Å². The highest BCUT2D eigenvalue weighted by atomic mass is 19.3. The lowest BCUT2D eigenvalue weighted by Crippen LogP contribution is -2.29. The molecule has 0 spiro atoms. The van der Waals surface area contributed by atoms with Crippen molar-refractivity contribution in [2.24, 2.45) is 11.8 Å². The van der Waals surface area contributed by atoms with Gasteiger partial charge in [-0.15, -0.1) is 0 Å². The van der Waals surface area contributed by atoms with Gasteiger partial charge in [0.15, 0.2) is 0 Å². The van der Waals surface area contributed by atoms with Gasteiger partial charge in [-0.1, -0.05) is 0 Å². The molecule has 1 atom stereocenters. The minimum Gasteiger partial charge on any atom is -0.356 e. The zero-order valence-electron chi connectivity index (χ0n) is 8.06. The molecule has 0 radical (unpaired) electrons. The highest BCUT2D eigenvalue weighted by Gasteiger charge is 2.39. The molecule has 0 aromatic rings. The summed E-state index contributed by atoms with van der Waals surface area (Å²) in [7, 11) is 0. The standard InChI is InChI=1S/C10H15F2NO/c11-10(12)3-1-7(2-4-10)8-5-9(14)13-6-8/h7-8H,1-6H2,(H,13,14)/t8-/m0/s1. The van der Waals surface area contributed by atoms with E-state index in [4.69, 9.17) is 0 Å². The van der Waals surface area contributed by atoms with Crippen LogP contribution >= 0.6 is 0 Å².